The van der Waals surface area contributed by atoms with E-state index in [1.54, 1.807) is 11.8 Å². The maximum atomic E-state index is 13.4. The summed E-state index contributed by atoms with van der Waals surface area (Å²) in [5.41, 5.74) is 2.34. The minimum Gasteiger partial charge on any atom is -0.342 e. The molecule has 4 rings (SSSR count). The highest BCUT2D eigenvalue weighted by atomic mass is 32.2. The fraction of sp³-hybridized carbons (Fsp3) is 0.484. The van der Waals surface area contributed by atoms with Gasteiger partial charge in [-0.15, -0.1) is 11.8 Å². The number of likely N-dealkylation sites (tertiary alicyclic amines) is 1. The van der Waals surface area contributed by atoms with E-state index in [0.29, 0.717) is 24.3 Å². The third kappa shape index (κ3) is 8.96. The first-order chi connectivity index (χ1) is 18.1. The van der Waals surface area contributed by atoms with Crippen molar-refractivity contribution in [2.75, 3.05) is 31.9 Å². The lowest BCUT2D eigenvalue weighted by molar-refractivity contribution is -0.129. The quantitative estimate of drug-likeness (QED) is 0.387. The van der Waals surface area contributed by atoms with Crippen LogP contribution in [0.15, 0.2) is 71.1 Å². The van der Waals surface area contributed by atoms with Crippen LogP contribution in [-0.4, -0.2) is 59.7 Å². The highest BCUT2D eigenvalue weighted by Gasteiger charge is 2.27. The van der Waals surface area contributed by atoms with E-state index in [1.165, 1.54) is 24.8 Å². The number of carbonyl (C=O) groups excluding carboxylic acids is 2. The number of rotatable bonds is 9. The molecule has 6 heteroatoms. The molecule has 2 aromatic rings. The number of carbonyl (C=O) groups is 2. The van der Waals surface area contributed by atoms with E-state index in [0.717, 1.165) is 55.8 Å². The Hall–Kier alpha value is -2.73. The van der Waals surface area contributed by atoms with Gasteiger partial charge in [0.25, 0.3) is 0 Å². The standard InChI is InChI=1S/C31H41N3O2S/c1-25(21-26-11-5-2-6-12-26)22-34(31(36)32-28-13-7-3-8-14-28)23-27-17-19-33(20-18-27)30(35)24-37-29-15-9-4-10-16-29/h2,4-6,9-12,15-16,21,27-28H,3,7-8,13-14,17-20,22-24H2,1H3,(H,32,36)/b25-21+. The van der Waals surface area contributed by atoms with Crippen molar-refractivity contribution in [1.82, 2.24) is 15.1 Å². The molecule has 3 amide bonds. The van der Waals surface area contributed by atoms with Gasteiger partial charge in [0.1, 0.15) is 0 Å². The zero-order valence-electron chi connectivity index (χ0n) is 22.1. The lowest BCUT2D eigenvalue weighted by Crippen LogP contribution is -2.49. The van der Waals surface area contributed by atoms with Crippen LogP contribution in [0, 0.1) is 5.92 Å². The van der Waals surface area contributed by atoms with Crippen molar-refractivity contribution in [2.24, 2.45) is 5.92 Å². The third-order valence-corrected chi connectivity index (χ3v) is 8.42. The average Bonchev–Trinajstić information content (AvgIpc) is 2.93. The number of piperidine rings is 1. The van der Waals surface area contributed by atoms with Crippen molar-refractivity contribution in [3.05, 3.63) is 71.8 Å². The van der Waals surface area contributed by atoms with Crippen molar-refractivity contribution in [2.45, 2.75) is 62.8 Å². The van der Waals surface area contributed by atoms with Crippen molar-refractivity contribution in [1.29, 1.82) is 0 Å². The molecule has 0 spiro atoms. The molecule has 1 saturated carbocycles. The van der Waals surface area contributed by atoms with E-state index in [-0.39, 0.29) is 11.9 Å². The zero-order chi connectivity index (χ0) is 25.9. The van der Waals surface area contributed by atoms with Gasteiger partial charge < -0.3 is 15.1 Å². The molecule has 0 radical (unpaired) electrons. The molecule has 1 saturated heterocycles. The molecule has 1 aliphatic heterocycles. The molecular formula is C31H41N3O2S. The van der Waals surface area contributed by atoms with Gasteiger partial charge >= 0.3 is 6.03 Å². The molecule has 2 fully saturated rings. The maximum absolute atomic E-state index is 13.4. The van der Waals surface area contributed by atoms with Gasteiger partial charge in [0, 0.05) is 37.1 Å². The summed E-state index contributed by atoms with van der Waals surface area (Å²) in [5, 5.41) is 3.33. The summed E-state index contributed by atoms with van der Waals surface area (Å²) < 4.78 is 0. The van der Waals surface area contributed by atoms with Gasteiger partial charge in [0.15, 0.2) is 0 Å². The van der Waals surface area contributed by atoms with Crippen LogP contribution in [0.2, 0.25) is 0 Å². The van der Waals surface area contributed by atoms with Gasteiger partial charge in [0.05, 0.1) is 5.75 Å². The first-order valence-electron chi connectivity index (χ1n) is 13.8. The Morgan fingerprint density at radius 3 is 2.27 bits per heavy atom. The number of urea groups is 1. The van der Waals surface area contributed by atoms with E-state index < -0.39 is 0 Å². The Kier molecular flexibility index (Phi) is 10.5. The van der Waals surface area contributed by atoms with E-state index in [2.05, 4.69) is 30.4 Å². The Bertz CT molecular complexity index is 1010. The number of amides is 3. The Labute approximate surface area is 226 Å². The van der Waals surface area contributed by atoms with Crippen molar-refractivity contribution in [3.8, 4) is 0 Å². The summed E-state index contributed by atoms with van der Waals surface area (Å²) in [6, 6.07) is 20.8. The smallest absolute Gasteiger partial charge is 0.317 e. The molecule has 0 unspecified atom stereocenters. The molecule has 37 heavy (non-hydrogen) atoms. The summed E-state index contributed by atoms with van der Waals surface area (Å²) in [6.07, 6.45) is 9.90. The van der Waals surface area contributed by atoms with Gasteiger partial charge in [-0.2, -0.15) is 0 Å². The van der Waals surface area contributed by atoms with Gasteiger partial charge in [0.2, 0.25) is 5.91 Å². The molecule has 2 aliphatic rings. The van der Waals surface area contributed by atoms with Crippen LogP contribution in [0.1, 0.15) is 57.4 Å². The fourth-order valence-electron chi connectivity index (χ4n) is 5.34. The predicted molar refractivity (Wildman–Crippen MR) is 154 cm³/mol. The number of nitrogens with zero attached hydrogens (tertiary/aromatic N) is 2. The lowest BCUT2D eigenvalue weighted by Gasteiger charge is -2.36. The molecule has 198 valence electrons. The largest absolute Gasteiger partial charge is 0.342 e. The van der Waals surface area contributed by atoms with Crippen LogP contribution in [0.3, 0.4) is 0 Å². The highest BCUT2D eigenvalue weighted by Crippen LogP contribution is 2.23. The summed E-state index contributed by atoms with van der Waals surface area (Å²) in [5.74, 6) is 1.10. The number of benzene rings is 2. The first-order valence-corrected chi connectivity index (χ1v) is 14.8. The molecule has 1 aliphatic carbocycles. The summed E-state index contributed by atoms with van der Waals surface area (Å²) in [4.78, 5) is 31.3. The molecule has 2 aromatic carbocycles. The summed E-state index contributed by atoms with van der Waals surface area (Å²) >= 11 is 1.60. The Balaban J connectivity index is 1.31. The van der Waals surface area contributed by atoms with Crippen LogP contribution < -0.4 is 5.32 Å². The summed E-state index contributed by atoms with van der Waals surface area (Å²) in [7, 11) is 0. The third-order valence-electron chi connectivity index (χ3n) is 7.42. The number of nitrogens with one attached hydrogen (secondary N) is 1. The van der Waals surface area contributed by atoms with Crippen molar-refractivity contribution in [3.63, 3.8) is 0 Å². The second-order valence-electron chi connectivity index (χ2n) is 10.5. The molecule has 1 N–H and O–H groups in total. The molecule has 0 atom stereocenters. The minimum atomic E-state index is 0.0606. The molecule has 0 aromatic heterocycles. The topological polar surface area (TPSA) is 52.7 Å². The van der Waals surface area contributed by atoms with Gasteiger partial charge in [-0.3, -0.25) is 4.79 Å². The van der Waals surface area contributed by atoms with Crippen molar-refractivity contribution >= 4 is 29.8 Å². The first kappa shape index (κ1) is 27.3. The van der Waals surface area contributed by atoms with E-state index in [1.807, 2.05) is 58.3 Å². The SMILES string of the molecule is C/C(=C\c1ccccc1)CN(CC1CCN(C(=O)CSc2ccccc2)CC1)C(=O)NC1CCCCC1. The number of hydrogen-bond acceptors (Lipinski definition) is 3. The lowest BCUT2D eigenvalue weighted by atomic mass is 9.95. The van der Waals surface area contributed by atoms with Gasteiger partial charge in [-0.1, -0.05) is 79.4 Å². The van der Waals surface area contributed by atoms with Crippen LogP contribution in [-0.2, 0) is 4.79 Å². The van der Waals surface area contributed by atoms with Crippen LogP contribution >= 0.6 is 11.8 Å². The van der Waals surface area contributed by atoms with Gasteiger partial charge in [-0.05, 0) is 56.2 Å². The van der Waals surface area contributed by atoms with E-state index >= 15 is 0 Å². The van der Waals surface area contributed by atoms with Crippen molar-refractivity contribution < 1.29 is 9.59 Å². The van der Waals surface area contributed by atoms with Crippen LogP contribution in [0.5, 0.6) is 0 Å². The summed E-state index contributed by atoms with van der Waals surface area (Å²) in [6.45, 7) is 5.02. The zero-order valence-corrected chi connectivity index (χ0v) is 22.9. The second-order valence-corrected chi connectivity index (χ2v) is 11.5. The molecule has 1 heterocycles. The Morgan fingerprint density at radius 1 is 0.946 bits per heavy atom. The van der Waals surface area contributed by atoms with E-state index in [9.17, 15) is 9.59 Å². The van der Waals surface area contributed by atoms with Gasteiger partial charge in [-0.25, -0.2) is 4.79 Å². The second kappa shape index (κ2) is 14.3. The molecule has 0 bridgehead atoms. The highest BCUT2D eigenvalue weighted by molar-refractivity contribution is 8.00. The fourth-order valence-corrected chi connectivity index (χ4v) is 6.16. The predicted octanol–water partition coefficient (Wildman–Crippen LogP) is 6.47. The average molecular weight is 520 g/mol. The minimum absolute atomic E-state index is 0.0606. The van der Waals surface area contributed by atoms with Crippen LogP contribution in [0.4, 0.5) is 4.79 Å². The molecule has 5 nitrogen and oxygen atoms in total. The van der Waals surface area contributed by atoms with Crippen LogP contribution in [0.25, 0.3) is 6.08 Å². The Morgan fingerprint density at radius 2 is 1.59 bits per heavy atom. The number of thioether (sulfide) groups is 1. The maximum Gasteiger partial charge on any atom is 0.317 e. The molecular weight excluding hydrogens is 478 g/mol. The number of hydrogen-bond donors (Lipinski definition) is 1. The van der Waals surface area contributed by atoms with E-state index in [4.69, 9.17) is 0 Å². The monoisotopic (exact) mass is 519 g/mol. The normalized spacial score (nSPS) is 17.4.